The fourth-order valence-electron chi connectivity index (χ4n) is 2.97. The lowest BCUT2D eigenvalue weighted by Gasteiger charge is -2.47. The van der Waals surface area contributed by atoms with Gasteiger partial charge < -0.3 is 10.1 Å². The lowest BCUT2D eigenvalue weighted by Crippen LogP contribution is -2.56. The minimum atomic E-state index is -0.0876. The Balaban J connectivity index is 1.97. The Morgan fingerprint density at radius 3 is 2.55 bits per heavy atom. The van der Waals surface area contributed by atoms with Gasteiger partial charge in [0.1, 0.15) is 0 Å². The van der Waals surface area contributed by atoms with E-state index in [0.717, 1.165) is 37.7 Å². The van der Waals surface area contributed by atoms with Crippen LogP contribution in [-0.2, 0) is 11.3 Å². The fraction of sp³-hybridized carbons (Fsp3) is 0.800. The lowest BCUT2D eigenvalue weighted by molar-refractivity contribution is -0.182. The first-order valence-electron chi connectivity index (χ1n) is 7.41. The number of hydrogen-bond acceptors (Lipinski definition) is 5. The van der Waals surface area contributed by atoms with E-state index in [1.165, 1.54) is 4.88 Å². The molecule has 1 fully saturated rings. The number of anilines is 1. The molecule has 1 saturated heterocycles. The van der Waals surface area contributed by atoms with Crippen LogP contribution in [0.2, 0.25) is 0 Å². The van der Waals surface area contributed by atoms with Gasteiger partial charge in [-0.2, -0.15) is 0 Å². The lowest BCUT2D eigenvalue weighted by atomic mass is 9.99. The van der Waals surface area contributed by atoms with E-state index >= 15 is 0 Å². The van der Waals surface area contributed by atoms with Gasteiger partial charge in [0.25, 0.3) is 0 Å². The Morgan fingerprint density at radius 2 is 1.95 bits per heavy atom. The molecular formula is C15H27N3OS. The summed E-state index contributed by atoms with van der Waals surface area (Å²) in [5, 5.41) is 4.38. The molecule has 2 rings (SSSR count). The molecule has 2 heterocycles. The molecule has 0 aromatic carbocycles. The van der Waals surface area contributed by atoms with E-state index < -0.39 is 0 Å². The molecule has 1 aliphatic rings. The molecule has 0 saturated carbocycles. The third kappa shape index (κ3) is 4.43. The van der Waals surface area contributed by atoms with E-state index in [9.17, 15) is 0 Å². The average Bonchev–Trinajstić information content (AvgIpc) is 2.69. The number of hydrogen-bond donors (Lipinski definition) is 1. The fourth-order valence-corrected chi connectivity index (χ4v) is 3.85. The van der Waals surface area contributed by atoms with Gasteiger partial charge in [0.15, 0.2) is 5.13 Å². The predicted molar refractivity (Wildman–Crippen MR) is 85.4 cm³/mol. The molecule has 4 nitrogen and oxygen atoms in total. The van der Waals surface area contributed by atoms with Gasteiger partial charge in [-0.1, -0.05) is 6.92 Å². The molecule has 5 heteroatoms. The highest BCUT2D eigenvalue weighted by molar-refractivity contribution is 7.15. The van der Waals surface area contributed by atoms with Crippen molar-refractivity contribution in [3.05, 3.63) is 11.1 Å². The van der Waals surface area contributed by atoms with Gasteiger partial charge in [-0.15, -0.1) is 11.3 Å². The van der Waals surface area contributed by atoms with Crippen molar-refractivity contribution in [2.45, 2.75) is 58.8 Å². The first-order chi connectivity index (χ1) is 9.30. The third-order valence-corrected chi connectivity index (χ3v) is 4.16. The Kier molecular flexibility index (Phi) is 4.72. The van der Waals surface area contributed by atoms with Crippen LogP contribution in [0.15, 0.2) is 6.20 Å². The van der Waals surface area contributed by atoms with E-state index in [-0.39, 0.29) is 11.2 Å². The monoisotopic (exact) mass is 297 g/mol. The van der Waals surface area contributed by atoms with Crippen LogP contribution in [0, 0.1) is 0 Å². The van der Waals surface area contributed by atoms with Crippen molar-refractivity contribution in [1.82, 2.24) is 9.88 Å². The summed E-state index contributed by atoms with van der Waals surface area (Å²) < 4.78 is 6.12. The van der Waals surface area contributed by atoms with Crippen LogP contribution in [0.4, 0.5) is 5.13 Å². The highest BCUT2D eigenvalue weighted by Gasteiger charge is 2.38. The molecule has 1 N–H and O–H groups in total. The topological polar surface area (TPSA) is 37.4 Å². The summed E-state index contributed by atoms with van der Waals surface area (Å²) in [7, 11) is 0. The largest absolute Gasteiger partial charge is 0.367 e. The van der Waals surface area contributed by atoms with Crippen LogP contribution in [0.3, 0.4) is 0 Å². The van der Waals surface area contributed by atoms with Crippen molar-refractivity contribution in [3.8, 4) is 0 Å². The minimum Gasteiger partial charge on any atom is -0.367 e. The number of thiazole rings is 1. The van der Waals surface area contributed by atoms with Crippen LogP contribution in [-0.4, -0.2) is 40.7 Å². The molecule has 1 aromatic heterocycles. The number of ether oxygens (including phenoxy) is 1. The minimum absolute atomic E-state index is 0.0876. The van der Waals surface area contributed by atoms with Crippen molar-refractivity contribution in [3.63, 3.8) is 0 Å². The van der Waals surface area contributed by atoms with Gasteiger partial charge in [-0.05, 0) is 34.1 Å². The summed E-state index contributed by atoms with van der Waals surface area (Å²) in [6, 6.07) is 0. The van der Waals surface area contributed by atoms with Gasteiger partial charge in [0.2, 0.25) is 0 Å². The number of aromatic nitrogens is 1. The van der Waals surface area contributed by atoms with Gasteiger partial charge >= 0.3 is 0 Å². The maximum absolute atomic E-state index is 6.12. The quantitative estimate of drug-likeness (QED) is 0.904. The summed E-state index contributed by atoms with van der Waals surface area (Å²) in [6.07, 6.45) is 3.12. The van der Waals surface area contributed by atoms with Gasteiger partial charge in [-0.3, -0.25) is 4.90 Å². The second kappa shape index (κ2) is 6.00. The number of morpholine rings is 1. The Hall–Kier alpha value is -0.650. The number of nitrogens with one attached hydrogen (secondary N) is 1. The molecule has 1 aliphatic heterocycles. The van der Waals surface area contributed by atoms with Crippen molar-refractivity contribution in [1.29, 1.82) is 0 Å². The Bertz CT molecular complexity index is 426. The summed E-state index contributed by atoms with van der Waals surface area (Å²) in [6.45, 7) is 14.7. The SMILES string of the molecule is CCCNc1ncc(CN2CC(C)(C)OC(C)(C)C2)s1. The van der Waals surface area contributed by atoms with Crippen LogP contribution in [0.5, 0.6) is 0 Å². The van der Waals surface area contributed by atoms with Crippen molar-refractivity contribution in [2.75, 3.05) is 25.0 Å². The molecule has 0 aliphatic carbocycles. The zero-order chi connectivity index (χ0) is 14.8. The molecule has 0 spiro atoms. The van der Waals surface area contributed by atoms with Crippen LogP contribution in [0.1, 0.15) is 45.9 Å². The first kappa shape index (κ1) is 15.7. The highest BCUT2D eigenvalue weighted by atomic mass is 32.1. The Labute approximate surface area is 126 Å². The smallest absolute Gasteiger partial charge is 0.182 e. The second-order valence-corrected chi connectivity index (χ2v) is 7.94. The van der Waals surface area contributed by atoms with Crippen molar-refractivity contribution < 1.29 is 4.74 Å². The molecule has 114 valence electrons. The zero-order valence-corrected chi connectivity index (χ0v) is 14.1. The predicted octanol–water partition coefficient (Wildman–Crippen LogP) is 3.35. The molecular weight excluding hydrogens is 270 g/mol. The number of rotatable bonds is 5. The van der Waals surface area contributed by atoms with Gasteiger partial charge in [-0.25, -0.2) is 4.98 Å². The number of nitrogens with zero attached hydrogens (tertiary/aromatic N) is 2. The standard InChI is InChI=1S/C15H27N3OS/c1-6-7-16-13-17-8-12(20-13)9-18-10-14(2,3)19-15(4,5)11-18/h8H,6-7,9-11H2,1-5H3,(H,16,17). The first-order valence-corrected chi connectivity index (χ1v) is 8.22. The maximum atomic E-state index is 6.12. The van der Waals surface area contributed by atoms with Crippen LogP contribution >= 0.6 is 11.3 Å². The maximum Gasteiger partial charge on any atom is 0.182 e. The highest BCUT2D eigenvalue weighted by Crippen LogP contribution is 2.30. The molecule has 0 unspecified atom stereocenters. The van der Waals surface area contributed by atoms with E-state index in [4.69, 9.17) is 4.74 Å². The van der Waals surface area contributed by atoms with Crippen molar-refractivity contribution >= 4 is 16.5 Å². The van der Waals surface area contributed by atoms with E-state index in [1.54, 1.807) is 11.3 Å². The summed E-state index contributed by atoms with van der Waals surface area (Å²) in [4.78, 5) is 8.23. The molecule has 20 heavy (non-hydrogen) atoms. The van der Waals surface area contributed by atoms with E-state index in [0.29, 0.717) is 0 Å². The van der Waals surface area contributed by atoms with Crippen LogP contribution < -0.4 is 5.32 Å². The van der Waals surface area contributed by atoms with E-state index in [2.05, 4.69) is 49.8 Å². The molecule has 1 aromatic rings. The average molecular weight is 297 g/mol. The molecule has 0 radical (unpaired) electrons. The third-order valence-electron chi connectivity index (χ3n) is 3.22. The van der Waals surface area contributed by atoms with Gasteiger partial charge in [0.05, 0.1) is 11.2 Å². The summed E-state index contributed by atoms with van der Waals surface area (Å²) in [5.74, 6) is 0. The summed E-state index contributed by atoms with van der Waals surface area (Å²) >= 11 is 1.76. The molecule has 0 bridgehead atoms. The van der Waals surface area contributed by atoms with E-state index in [1.807, 2.05) is 6.20 Å². The zero-order valence-electron chi connectivity index (χ0n) is 13.3. The molecule has 0 amide bonds. The van der Waals surface area contributed by atoms with Gasteiger partial charge in [0, 0.05) is 37.3 Å². The Morgan fingerprint density at radius 1 is 1.30 bits per heavy atom. The molecule has 0 atom stereocenters. The summed E-state index contributed by atoms with van der Waals surface area (Å²) in [5.41, 5.74) is -0.175. The second-order valence-electron chi connectivity index (χ2n) is 6.83. The van der Waals surface area contributed by atoms with Crippen LogP contribution in [0.25, 0.3) is 0 Å². The normalized spacial score (nSPS) is 21.9. The van der Waals surface area contributed by atoms with Crippen molar-refractivity contribution in [2.24, 2.45) is 0 Å².